The number of alkyl carbamates (subject to hydrolysis) is 1. The number of allylic oxidation sites excluding steroid dienone is 1. The molecule has 0 aromatic heterocycles. The first-order valence-electron chi connectivity index (χ1n) is 7.52. The number of hydrogen-bond donors (Lipinski definition) is 4. The van der Waals surface area contributed by atoms with Crippen LogP contribution in [0.2, 0.25) is 0 Å². The number of carboxylic acids is 1. The molecule has 0 aromatic rings. The average molecular weight is 332 g/mol. The fourth-order valence-electron chi connectivity index (χ4n) is 1.59. The van der Waals surface area contributed by atoms with E-state index >= 15 is 0 Å². The molecular formula is C15H28N2O6. The summed E-state index contributed by atoms with van der Waals surface area (Å²) in [5.41, 5.74) is -0.630. The molecule has 0 fully saturated rings. The number of carboxylic acid groups (broad SMARTS) is 1. The molecule has 134 valence electrons. The Morgan fingerprint density at radius 2 is 1.96 bits per heavy atom. The minimum Gasteiger partial charge on any atom is -0.496 e. The molecule has 0 radical (unpaired) electrons. The lowest BCUT2D eigenvalue weighted by Crippen LogP contribution is -2.47. The Kier molecular flexibility index (Phi) is 10.00. The number of ether oxygens (including phenoxy) is 2. The molecule has 0 unspecified atom stereocenters. The third-order valence-corrected chi connectivity index (χ3v) is 2.53. The maximum atomic E-state index is 11.8. The summed E-state index contributed by atoms with van der Waals surface area (Å²) in [6.07, 6.45) is 1.53. The molecular weight excluding hydrogens is 304 g/mol. The molecule has 0 aliphatic rings. The highest BCUT2D eigenvalue weighted by Gasteiger charge is 2.20. The van der Waals surface area contributed by atoms with Gasteiger partial charge >= 0.3 is 12.1 Å². The Bertz CT molecular complexity index is 403. The van der Waals surface area contributed by atoms with Crippen LogP contribution in [-0.2, 0) is 14.3 Å². The molecule has 1 atom stereocenters. The molecule has 23 heavy (non-hydrogen) atoms. The second kappa shape index (κ2) is 10.8. The van der Waals surface area contributed by atoms with Crippen molar-refractivity contribution in [1.82, 2.24) is 10.6 Å². The zero-order valence-corrected chi connectivity index (χ0v) is 14.2. The van der Waals surface area contributed by atoms with Crippen LogP contribution in [0.15, 0.2) is 11.8 Å². The van der Waals surface area contributed by atoms with E-state index in [1.165, 1.54) is 6.08 Å². The van der Waals surface area contributed by atoms with Crippen molar-refractivity contribution in [2.24, 2.45) is 0 Å². The third-order valence-electron chi connectivity index (χ3n) is 2.53. The van der Waals surface area contributed by atoms with E-state index in [-0.39, 0.29) is 26.3 Å². The molecule has 0 saturated heterocycles. The monoisotopic (exact) mass is 332 g/mol. The van der Waals surface area contributed by atoms with Gasteiger partial charge in [0.05, 0.1) is 25.0 Å². The number of carbonyl (C=O) groups excluding carboxylic acids is 1. The highest BCUT2D eigenvalue weighted by atomic mass is 16.6. The minimum absolute atomic E-state index is 0.130. The average Bonchev–Trinajstić information content (AvgIpc) is 2.40. The van der Waals surface area contributed by atoms with E-state index in [1.54, 1.807) is 20.8 Å². The van der Waals surface area contributed by atoms with Crippen molar-refractivity contribution in [2.75, 3.05) is 26.3 Å². The first-order valence-corrected chi connectivity index (χ1v) is 7.52. The number of aliphatic carboxylic acids is 1. The van der Waals surface area contributed by atoms with Gasteiger partial charge in [-0.3, -0.25) is 4.79 Å². The molecule has 0 aromatic carbocycles. The Balaban J connectivity index is 4.57. The van der Waals surface area contributed by atoms with E-state index in [1.807, 2.05) is 6.92 Å². The van der Waals surface area contributed by atoms with Crippen LogP contribution in [0.1, 0.15) is 34.1 Å². The number of rotatable bonds is 10. The van der Waals surface area contributed by atoms with E-state index < -0.39 is 23.7 Å². The standard InChI is InChI=1S/C15H28N2O6/c1-5-12(6-7-18)22-10-11(8-16-9-13(19)20)17-14(21)23-15(2,3)4/h6,11,16,18H,5,7-10H2,1-4H3,(H,17,21)(H,19,20)/b12-6+/t11-/m0/s1. The van der Waals surface area contributed by atoms with Crippen molar-refractivity contribution >= 4 is 12.1 Å². The van der Waals surface area contributed by atoms with Crippen molar-refractivity contribution in [2.45, 2.75) is 45.8 Å². The van der Waals surface area contributed by atoms with Crippen LogP contribution in [-0.4, -0.2) is 60.2 Å². The maximum absolute atomic E-state index is 11.8. The summed E-state index contributed by atoms with van der Waals surface area (Å²) in [6.45, 7) is 7.11. The summed E-state index contributed by atoms with van der Waals surface area (Å²) in [5, 5.41) is 22.9. The first kappa shape index (κ1) is 21.2. The van der Waals surface area contributed by atoms with Crippen LogP contribution in [0.4, 0.5) is 4.79 Å². The van der Waals surface area contributed by atoms with Crippen molar-refractivity contribution in [3.8, 4) is 0 Å². The maximum Gasteiger partial charge on any atom is 0.408 e. The van der Waals surface area contributed by atoms with Gasteiger partial charge in [0.15, 0.2) is 0 Å². The van der Waals surface area contributed by atoms with E-state index in [0.29, 0.717) is 12.2 Å². The molecule has 0 rings (SSSR count). The SMILES string of the molecule is CC/C(=C\CO)OC[C@H](CNCC(=O)O)NC(=O)OC(C)(C)C. The molecule has 0 heterocycles. The van der Waals surface area contributed by atoms with Gasteiger partial charge in [0.1, 0.15) is 12.2 Å². The van der Waals surface area contributed by atoms with Gasteiger partial charge in [-0.1, -0.05) is 6.92 Å². The predicted molar refractivity (Wildman–Crippen MR) is 85.1 cm³/mol. The van der Waals surface area contributed by atoms with Gasteiger partial charge in [0.2, 0.25) is 0 Å². The van der Waals surface area contributed by atoms with E-state index in [2.05, 4.69) is 10.6 Å². The van der Waals surface area contributed by atoms with Crippen molar-refractivity contribution in [3.63, 3.8) is 0 Å². The van der Waals surface area contributed by atoms with Gasteiger partial charge in [0, 0.05) is 13.0 Å². The van der Waals surface area contributed by atoms with E-state index in [4.69, 9.17) is 19.7 Å². The lowest BCUT2D eigenvalue weighted by atomic mass is 10.2. The van der Waals surface area contributed by atoms with Gasteiger partial charge in [-0.05, 0) is 26.8 Å². The molecule has 8 heteroatoms. The lowest BCUT2D eigenvalue weighted by molar-refractivity contribution is -0.135. The molecule has 0 spiro atoms. The fraction of sp³-hybridized carbons (Fsp3) is 0.733. The third kappa shape index (κ3) is 12.4. The van der Waals surface area contributed by atoms with Crippen molar-refractivity contribution in [1.29, 1.82) is 0 Å². The van der Waals surface area contributed by atoms with E-state index in [9.17, 15) is 9.59 Å². The minimum atomic E-state index is -0.989. The van der Waals surface area contributed by atoms with Crippen LogP contribution in [0.25, 0.3) is 0 Å². The van der Waals surface area contributed by atoms with E-state index in [0.717, 1.165) is 0 Å². The Morgan fingerprint density at radius 1 is 1.30 bits per heavy atom. The molecule has 0 aliphatic heterocycles. The van der Waals surface area contributed by atoms with Crippen LogP contribution in [0.5, 0.6) is 0 Å². The normalized spacial score (nSPS) is 13.3. The molecule has 0 saturated carbocycles. The number of nitrogens with one attached hydrogen (secondary N) is 2. The predicted octanol–water partition coefficient (Wildman–Crippen LogP) is 0.857. The Labute approximate surface area is 136 Å². The molecule has 8 nitrogen and oxygen atoms in total. The first-order chi connectivity index (χ1) is 10.7. The quantitative estimate of drug-likeness (QED) is 0.438. The van der Waals surface area contributed by atoms with Gasteiger partial charge in [0.25, 0.3) is 0 Å². The van der Waals surface area contributed by atoms with Crippen molar-refractivity contribution < 1.29 is 29.3 Å². The number of hydrogen-bond acceptors (Lipinski definition) is 6. The number of carbonyl (C=O) groups is 2. The zero-order valence-electron chi connectivity index (χ0n) is 14.2. The summed E-state index contributed by atoms with van der Waals surface area (Å²) in [7, 11) is 0. The van der Waals surface area contributed by atoms with Crippen LogP contribution >= 0.6 is 0 Å². The van der Waals surface area contributed by atoms with Crippen LogP contribution < -0.4 is 10.6 Å². The van der Waals surface area contributed by atoms with Gasteiger partial charge < -0.3 is 30.3 Å². The second-order valence-corrected chi connectivity index (χ2v) is 5.89. The van der Waals surface area contributed by atoms with Crippen molar-refractivity contribution in [3.05, 3.63) is 11.8 Å². The van der Waals surface area contributed by atoms with Gasteiger partial charge in [-0.15, -0.1) is 0 Å². The lowest BCUT2D eigenvalue weighted by Gasteiger charge is -2.24. The number of aliphatic hydroxyl groups is 1. The van der Waals surface area contributed by atoms with Gasteiger partial charge in [-0.25, -0.2) is 4.79 Å². The highest BCUT2D eigenvalue weighted by Crippen LogP contribution is 2.07. The topological polar surface area (TPSA) is 117 Å². The molecule has 4 N–H and O–H groups in total. The Morgan fingerprint density at radius 3 is 2.43 bits per heavy atom. The summed E-state index contributed by atoms with van der Waals surface area (Å²) < 4.78 is 10.7. The van der Waals surface area contributed by atoms with Gasteiger partial charge in [-0.2, -0.15) is 0 Å². The number of amides is 1. The zero-order chi connectivity index (χ0) is 17.9. The smallest absolute Gasteiger partial charge is 0.408 e. The fourth-order valence-corrected chi connectivity index (χ4v) is 1.59. The van der Waals surface area contributed by atoms with Crippen LogP contribution in [0, 0.1) is 0 Å². The number of aliphatic hydroxyl groups excluding tert-OH is 1. The molecule has 1 amide bonds. The second-order valence-electron chi connectivity index (χ2n) is 5.89. The van der Waals surface area contributed by atoms with Crippen LogP contribution in [0.3, 0.4) is 0 Å². The molecule has 0 aliphatic carbocycles. The summed E-state index contributed by atoms with van der Waals surface area (Å²) in [5.74, 6) is -0.391. The summed E-state index contributed by atoms with van der Waals surface area (Å²) in [4.78, 5) is 22.4. The largest absolute Gasteiger partial charge is 0.496 e. The summed E-state index contributed by atoms with van der Waals surface area (Å²) >= 11 is 0. The molecule has 0 bridgehead atoms. The summed E-state index contributed by atoms with van der Waals surface area (Å²) in [6, 6.07) is -0.474. The highest BCUT2D eigenvalue weighted by molar-refractivity contribution is 5.69. The Hall–Kier alpha value is -1.80.